The first-order valence-electron chi connectivity index (χ1n) is 3.02. The van der Waals surface area contributed by atoms with E-state index in [1.807, 2.05) is 6.26 Å². The van der Waals surface area contributed by atoms with Gasteiger partial charge in [0.2, 0.25) is 0 Å². The number of carboxylic acids is 1. The van der Waals surface area contributed by atoms with Crippen molar-refractivity contribution in [3.63, 3.8) is 0 Å². The fourth-order valence-electron chi connectivity index (χ4n) is 0.319. The Hall–Kier alpha value is -0.220. The smallest absolute Gasteiger partial charge is 0.320 e. The Balaban J connectivity index is 3.75. The van der Waals surface area contributed by atoms with Crippen molar-refractivity contribution in [1.82, 2.24) is 0 Å². The van der Waals surface area contributed by atoms with Gasteiger partial charge in [-0.05, 0) is 18.4 Å². The molecule has 0 saturated carbocycles. The van der Waals surface area contributed by atoms with Crippen LogP contribution in [-0.4, -0.2) is 29.1 Å². The molecular weight excluding hydrogens is 138 g/mol. The summed E-state index contributed by atoms with van der Waals surface area (Å²) in [7, 11) is 0. The van der Waals surface area contributed by atoms with Gasteiger partial charge in [-0.1, -0.05) is 0 Å². The molecule has 0 radical (unpaired) electrons. The van der Waals surface area contributed by atoms with E-state index in [0.29, 0.717) is 5.75 Å². The van der Waals surface area contributed by atoms with Crippen LogP contribution in [0, 0.1) is 0 Å². The number of nitrogens with two attached hydrogens (primary N) is 1. The molecule has 0 aromatic rings. The quantitative estimate of drug-likeness (QED) is 0.600. The van der Waals surface area contributed by atoms with Gasteiger partial charge < -0.3 is 10.8 Å². The van der Waals surface area contributed by atoms with E-state index < -0.39 is 12.0 Å². The highest BCUT2D eigenvalue weighted by atomic mass is 32.2. The van der Waals surface area contributed by atoms with Crippen molar-refractivity contribution in [3.8, 4) is 0 Å². The molecule has 0 amide bonds. The second-order valence-electron chi connectivity index (χ2n) is 1.57. The number of carbonyl (C=O) groups is 1. The number of thioether (sulfide) groups is 1. The third-order valence-electron chi connectivity index (χ3n) is 0.850. The molecule has 4 heteroatoms. The van der Waals surface area contributed by atoms with E-state index >= 15 is 0 Å². The van der Waals surface area contributed by atoms with Gasteiger partial charge in [0.25, 0.3) is 0 Å². The average Bonchev–Trinajstić information content (AvgIpc) is 1.84. The lowest BCUT2D eigenvalue weighted by atomic mass is 10.2. The third-order valence-corrected chi connectivity index (χ3v) is 1.46. The predicted molar refractivity (Wildman–Crippen MR) is 38.6 cm³/mol. The minimum absolute atomic E-state index is 0.184. The Labute approximate surface area is 60.0 Å². The number of carboxylic acid groups (broad SMARTS) is 1. The van der Waals surface area contributed by atoms with Crippen LogP contribution in [0.2, 0.25) is 0 Å². The van der Waals surface area contributed by atoms with Crippen LogP contribution in [0.1, 0.15) is 7.79 Å². The fraction of sp³-hybridized carbons (Fsp3) is 0.800. The van der Waals surface area contributed by atoms with Crippen LogP contribution in [0.25, 0.3) is 0 Å². The first-order chi connectivity index (χ1) is 4.50. The molecule has 0 aliphatic heterocycles. The van der Waals surface area contributed by atoms with E-state index in [0.717, 1.165) is 0 Å². The number of hydrogen-bond donors (Lipinski definition) is 2. The van der Waals surface area contributed by atoms with Gasteiger partial charge >= 0.3 is 5.97 Å². The van der Waals surface area contributed by atoms with Gasteiger partial charge in [-0.15, -0.1) is 0 Å². The highest BCUT2D eigenvalue weighted by Crippen LogP contribution is 1.97. The molecule has 0 spiro atoms. The van der Waals surface area contributed by atoms with Crippen LogP contribution < -0.4 is 5.73 Å². The van der Waals surface area contributed by atoms with Gasteiger partial charge in [0.05, 0.1) is 1.37 Å². The van der Waals surface area contributed by atoms with E-state index in [1.54, 1.807) is 0 Å². The van der Waals surface area contributed by atoms with E-state index in [4.69, 9.17) is 12.2 Å². The molecule has 0 heterocycles. The maximum atomic E-state index is 10.2. The van der Waals surface area contributed by atoms with Crippen LogP contribution in [0.5, 0.6) is 0 Å². The first-order valence-corrected chi connectivity index (χ1v) is 3.91. The maximum Gasteiger partial charge on any atom is 0.320 e. The first kappa shape index (κ1) is 6.89. The molecule has 9 heavy (non-hydrogen) atoms. The lowest BCUT2D eigenvalue weighted by molar-refractivity contribution is -0.138. The number of rotatable bonds is 4. The largest absolute Gasteiger partial charge is 0.480 e. The summed E-state index contributed by atoms with van der Waals surface area (Å²) < 4.78 is 7.05. The van der Waals surface area contributed by atoms with Crippen molar-refractivity contribution in [2.24, 2.45) is 5.73 Å². The Kier molecular flexibility index (Phi) is 3.55. The Morgan fingerprint density at radius 2 is 2.67 bits per heavy atom. The SMILES string of the molecule is [3H][C@](N)(CCSC)C(=O)O. The summed E-state index contributed by atoms with van der Waals surface area (Å²) in [6.07, 6.45) is 2.03. The second kappa shape index (κ2) is 4.64. The molecule has 3 nitrogen and oxygen atoms in total. The van der Waals surface area contributed by atoms with Crippen LogP contribution in [-0.2, 0) is 4.79 Å². The normalized spacial score (nSPS) is 18.2. The van der Waals surface area contributed by atoms with Gasteiger partial charge in [0.1, 0.15) is 6.02 Å². The molecule has 0 fully saturated rings. The zero-order valence-electron chi connectivity index (χ0n) is 6.26. The zero-order chi connectivity index (χ0) is 8.20. The van der Waals surface area contributed by atoms with Crippen molar-refractivity contribution >= 4 is 17.7 Å². The Morgan fingerprint density at radius 1 is 2.11 bits per heavy atom. The molecular formula is C5H11NO2S. The van der Waals surface area contributed by atoms with E-state index in [9.17, 15) is 4.79 Å². The lowest BCUT2D eigenvalue weighted by Gasteiger charge is -2.02. The summed E-state index contributed by atoms with van der Waals surface area (Å²) in [6.45, 7) is 0. The van der Waals surface area contributed by atoms with Gasteiger partial charge in [-0.2, -0.15) is 11.8 Å². The molecule has 0 aromatic heterocycles. The van der Waals surface area contributed by atoms with Crippen LogP contribution in [0.15, 0.2) is 0 Å². The topological polar surface area (TPSA) is 63.3 Å². The molecule has 3 N–H and O–H groups in total. The predicted octanol–water partition coefficient (Wildman–Crippen LogP) is 0.151. The van der Waals surface area contributed by atoms with Crippen molar-refractivity contribution < 1.29 is 11.3 Å². The van der Waals surface area contributed by atoms with Gasteiger partial charge in [-0.3, -0.25) is 4.79 Å². The molecule has 0 aromatic carbocycles. The van der Waals surface area contributed by atoms with E-state index in [-0.39, 0.29) is 6.42 Å². The summed E-state index contributed by atoms with van der Waals surface area (Å²) in [5, 5.41) is 8.35. The average molecular weight is 151 g/mol. The van der Waals surface area contributed by atoms with Gasteiger partial charge in [0.15, 0.2) is 0 Å². The molecule has 0 saturated heterocycles. The maximum absolute atomic E-state index is 10.2. The number of aliphatic carboxylic acids is 1. The third kappa shape index (κ3) is 4.29. The van der Waals surface area contributed by atoms with Crippen molar-refractivity contribution in [2.75, 3.05) is 12.0 Å². The molecule has 54 valence electrons. The highest BCUT2D eigenvalue weighted by Gasteiger charge is 2.08. The van der Waals surface area contributed by atoms with E-state index in [1.165, 1.54) is 11.8 Å². The molecule has 0 bridgehead atoms. The van der Waals surface area contributed by atoms with Crippen molar-refractivity contribution in [2.45, 2.75) is 12.4 Å². The Bertz CT molecular complexity index is 129. The van der Waals surface area contributed by atoms with Crippen LogP contribution in [0.4, 0.5) is 0 Å². The van der Waals surface area contributed by atoms with Gasteiger partial charge in [0, 0.05) is 0 Å². The summed E-state index contributed by atoms with van der Waals surface area (Å²) in [6, 6.07) is -1.80. The summed E-state index contributed by atoms with van der Waals surface area (Å²) >= 11 is 1.48. The molecule has 0 aliphatic carbocycles. The summed E-state index contributed by atoms with van der Waals surface area (Å²) in [5.41, 5.74) is 5.10. The summed E-state index contributed by atoms with van der Waals surface area (Å²) in [5.74, 6) is -0.659. The van der Waals surface area contributed by atoms with Crippen molar-refractivity contribution in [1.29, 1.82) is 0 Å². The molecule has 0 unspecified atom stereocenters. The van der Waals surface area contributed by atoms with Crippen LogP contribution in [0.3, 0.4) is 0 Å². The molecule has 1 atom stereocenters. The molecule has 0 aliphatic rings. The van der Waals surface area contributed by atoms with Crippen molar-refractivity contribution in [3.05, 3.63) is 0 Å². The van der Waals surface area contributed by atoms with E-state index in [2.05, 4.69) is 0 Å². The monoisotopic (exact) mass is 151 g/mol. The number of hydrogen-bond acceptors (Lipinski definition) is 3. The van der Waals surface area contributed by atoms with Crippen LogP contribution >= 0.6 is 11.8 Å². The van der Waals surface area contributed by atoms with Gasteiger partial charge in [-0.25, -0.2) is 0 Å². The zero-order valence-corrected chi connectivity index (χ0v) is 6.07. The second-order valence-corrected chi connectivity index (χ2v) is 2.56. The Morgan fingerprint density at radius 3 is 3.00 bits per heavy atom. The lowest BCUT2D eigenvalue weighted by Crippen LogP contribution is -2.30. The fourth-order valence-corrected chi connectivity index (χ4v) is 0.743. The summed E-state index contributed by atoms with van der Waals surface area (Å²) in [4.78, 5) is 10.2. The standard InChI is InChI=1S/C5H11NO2S/c1-9-3-2-4(6)5(7)8/h4H,2-3,6H2,1H3,(H,7,8)/t4-/m0/s1/i4T. The minimum Gasteiger partial charge on any atom is -0.480 e. The molecule has 0 rings (SSSR count). The highest BCUT2D eigenvalue weighted by molar-refractivity contribution is 7.98. The minimum atomic E-state index is -1.80.